The molecule has 0 aliphatic carbocycles. The molecule has 4 aromatic rings. The third kappa shape index (κ3) is 6.76. The molecule has 1 aromatic heterocycles. The van der Waals surface area contributed by atoms with Crippen molar-refractivity contribution in [2.75, 3.05) is 13.7 Å². The van der Waals surface area contributed by atoms with E-state index < -0.39 is 12.0 Å². The molecule has 1 aliphatic rings. The monoisotopic (exact) mass is 705 g/mol. The Labute approximate surface area is 277 Å². The van der Waals surface area contributed by atoms with Crippen molar-refractivity contribution in [3.8, 4) is 17.6 Å². The van der Waals surface area contributed by atoms with Gasteiger partial charge in [0.15, 0.2) is 4.80 Å². The van der Waals surface area contributed by atoms with Gasteiger partial charge in [-0.15, -0.1) is 0 Å². The largest absolute Gasteiger partial charge is 0.496 e. The molecule has 0 spiro atoms. The average molecular weight is 707 g/mol. The maximum atomic E-state index is 14.3. The van der Waals surface area contributed by atoms with Gasteiger partial charge in [-0.05, 0) is 61.9 Å². The van der Waals surface area contributed by atoms with Crippen molar-refractivity contribution in [3.63, 3.8) is 0 Å². The number of rotatable bonds is 10. The molecule has 0 saturated carbocycles. The number of aromatic nitrogens is 1. The molecule has 3 aromatic carbocycles. The van der Waals surface area contributed by atoms with Crippen LogP contribution in [0.25, 0.3) is 6.08 Å². The van der Waals surface area contributed by atoms with Crippen molar-refractivity contribution < 1.29 is 19.0 Å². The van der Waals surface area contributed by atoms with E-state index in [9.17, 15) is 14.9 Å². The van der Waals surface area contributed by atoms with Crippen LogP contribution in [0.1, 0.15) is 55.0 Å². The molecule has 11 heteroatoms. The predicted molar refractivity (Wildman–Crippen MR) is 177 cm³/mol. The molecule has 0 fully saturated rings. The van der Waals surface area contributed by atoms with E-state index in [4.69, 9.17) is 30.8 Å². The van der Waals surface area contributed by atoms with Crippen molar-refractivity contribution in [1.29, 1.82) is 5.26 Å². The van der Waals surface area contributed by atoms with Gasteiger partial charge < -0.3 is 14.2 Å². The van der Waals surface area contributed by atoms with Crippen molar-refractivity contribution >= 4 is 50.9 Å². The Kier molecular flexibility index (Phi) is 10.2. The van der Waals surface area contributed by atoms with Crippen LogP contribution < -0.4 is 24.4 Å². The van der Waals surface area contributed by atoms with Crippen molar-refractivity contribution in [1.82, 2.24) is 4.57 Å². The second kappa shape index (κ2) is 14.3. The van der Waals surface area contributed by atoms with E-state index in [1.54, 1.807) is 49.4 Å². The lowest BCUT2D eigenvalue weighted by molar-refractivity contribution is -0.139. The van der Waals surface area contributed by atoms with Gasteiger partial charge in [-0.3, -0.25) is 9.36 Å². The third-order valence-electron chi connectivity index (χ3n) is 7.16. The van der Waals surface area contributed by atoms with Crippen LogP contribution in [0.4, 0.5) is 0 Å². The van der Waals surface area contributed by atoms with Crippen LogP contribution >= 0.6 is 38.9 Å². The topological polar surface area (TPSA) is 103 Å². The summed E-state index contributed by atoms with van der Waals surface area (Å²) in [5, 5.41) is 9.92. The van der Waals surface area contributed by atoms with Gasteiger partial charge >= 0.3 is 5.97 Å². The fraction of sp³-hybridized carbons (Fsp3) is 0.235. The predicted octanol–water partition coefficient (Wildman–Crippen LogP) is 6.45. The Morgan fingerprint density at radius 2 is 1.93 bits per heavy atom. The molecular formula is C34H29BrClN3O5S. The van der Waals surface area contributed by atoms with E-state index in [2.05, 4.69) is 22.0 Å². The minimum atomic E-state index is -0.877. The molecule has 5 rings (SSSR count). The number of esters is 1. The van der Waals surface area contributed by atoms with E-state index in [1.807, 2.05) is 31.2 Å². The standard InChI is InChI=1S/C34H29BrClN3O5S/c1-4-8-26-30(33(41)43-5-2)31(25-17-24(36)12-14-28(25)42-3)39-32(40)29(45-34(39)38-26)16-22-15-23(35)11-13-27(22)44-19-21-10-7-6-9-20(21)18-37/h6-7,9-17,31H,4-5,8,19H2,1-3H3/b29-16+/t31-/m1/s1. The number of carbonyl (C=O) groups is 1. The molecule has 0 amide bonds. The smallest absolute Gasteiger partial charge is 0.338 e. The second-order valence-corrected chi connectivity index (χ2v) is 12.4. The van der Waals surface area contributed by atoms with E-state index in [0.717, 1.165) is 16.5 Å². The number of hydrogen-bond donors (Lipinski definition) is 0. The molecule has 0 radical (unpaired) electrons. The Bertz CT molecular complexity index is 2030. The molecule has 8 nitrogen and oxygen atoms in total. The zero-order valence-corrected chi connectivity index (χ0v) is 28.0. The van der Waals surface area contributed by atoms with Crippen molar-refractivity contribution in [2.45, 2.75) is 39.3 Å². The van der Waals surface area contributed by atoms with Crippen LogP contribution in [0.2, 0.25) is 5.02 Å². The van der Waals surface area contributed by atoms with Crippen LogP contribution in [0.15, 0.2) is 86.2 Å². The van der Waals surface area contributed by atoms with Crippen LogP contribution in [-0.2, 0) is 16.1 Å². The van der Waals surface area contributed by atoms with E-state index in [-0.39, 0.29) is 24.3 Å². The first-order valence-corrected chi connectivity index (χ1v) is 16.2. The highest BCUT2D eigenvalue weighted by Gasteiger charge is 2.36. The van der Waals surface area contributed by atoms with E-state index >= 15 is 0 Å². The van der Waals surface area contributed by atoms with Crippen LogP contribution in [0.5, 0.6) is 11.5 Å². The van der Waals surface area contributed by atoms with E-state index in [0.29, 0.717) is 54.7 Å². The zero-order valence-electron chi connectivity index (χ0n) is 24.8. The Morgan fingerprint density at radius 3 is 2.67 bits per heavy atom. The highest BCUT2D eigenvalue weighted by atomic mass is 79.9. The number of carbonyl (C=O) groups excluding carboxylic acids is 1. The molecule has 230 valence electrons. The minimum Gasteiger partial charge on any atom is -0.496 e. The van der Waals surface area contributed by atoms with Gasteiger partial charge in [0.25, 0.3) is 5.56 Å². The molecular weight excluding hydrogens is 678 g/mol. The molecule has 0 N–H and O–H groups in total. The second-order valence-electron chi connectivity index (χ2n) is 10.0. The Balaban J connectivity index is 1.70. The molecule has 2 heterocycles. The highest BCUT2D eigenvalue weighted by Crippen LogP contribution is 2.38. The summed E-state index contributed by atoms with van der Waals surface area (Å²) in [5.41, 5.74) is 2.97. The summed E-state index contributed by atoms with van der Waals surface area (Å²) in [6, 6.07) is 19.2. The molecule has 0 bridgehead atoms. The Morgan fingerprint density at radius 1 is 1.16 bits per heavy atom. The van der Waals surface area contributed by atoms with Gasteiger partial charge in [-0.1, -0.05) is 70.4 Å². The molecule has 1 aliphatic heterocycles. The summed E-state index contributed by atoms with van der Waals surface area (Å²) in [6.07, 6.45) is 2.98. The highest BCUT2D eigenvalue weighted by molar-refractivity contribution is 9.10. The normalized spacial score (nSPS) is 14.4. The van der Waals surface area contributed by atoms with Crippen LogP contribution in [0, 0.1) is 11.3 Å². The van der Waals surface area contributed by atoms with Gasteiger partial charge in [0.05, 0.1) is 41.2 Å². The van der Waals surface area contributed by atoms with Crippen LogP contribution in [-0.4, -0.2) is 24.3 Å². The molecule has 0 saturated heterocycles. The van der Waals surface area contributed by atoms with Gasteiger partial charge in [0.1, 0.15) is 24.1 Å². The average Bonchev–Trinajstić information content (AvgIpc) is 3.34. The molecule has 0 unspecified atom stereocenters. The number of thiazole rings is 1. The molecule has 45 heavy (non-hydrogen) atoms. The van der Waals surface area contributed by atoms with E-state index in [1.165, 1.54) is 23.0 Å². The summed E-state index contributed by atoms with van der Waals surface area (Å²) in [7, 11) is 1.53. The lowest BCUT2D eigenvalue weighted by atomic mass is 9.93. The fourth-order valence-electron chi connectivity index (χ4n) is 5.15. The first-order chi connectivity index (χ1) is 21.8. The number of halogens is 2. The summed E-state index contributed by atoms with van der Waals surface area (Å²) in [4.78, 5) is 33.1. The van der Waals surface area contributed by atoms with Crippen molar-refractivity contribution in [3.05, 3.63) is 123 Å². The quantitative estimate of drug-likeness (QED) is 0.176. The first-order valence-electron chi connectivity index (χ1n) is 14.2. The van der Waals surface area contributed by atoms with Gasteiger partial charge in [-0.2, -0.15) is 5.26 Å². The number of methoxy groups -OCH3 is 1. The maximum absolute atomic E-state index is 14.3. The van der Waals surface area contributed by atoms with Crippen molar-refractivity contribution in [2.24, 2.45) is 4.99 Å². The summed E-state index contributed by atoms with van der Waals surface area (Å²) in [6.45, 7) is 4.07. The maximum Gasteiger partial charge on any atom is 0.338 e. The first kappa shape index (κ1) is 32.2. The summed E-state index contributed by atoms with van der Waals surface area (Å²) in [5.74, 6) is 0.453. The summed E-state index contributed by atoms with van der Waals surface area (Å²) < 4.78 is 20.0. The third-order valence-corrected chi connectivity index (χ3v) is 8.87. The number of benzene rings is 3. The lowest BCUT2D eigenvalue weighted by Crippen LogP contribution is -2.40. The lowest BCUT2D eigenvalue weighted by Gasteiger charge is -2.27. The van der Waals surface area contributed by atoms with Gasteiger partial charge in [0.2, 0.25) is 0 Å². The fourth-order valence-corrected chi connectivity index (χ4v) is 6.72. The zero-order chi connectivity index (χ0) is 32.1. The number of nitriles is 1. The number of ether oxygens (including phenoxy) is 3. The Hall–Kier alpha value is -4.17. The van der Waals surface area contributed by atoms with Crippen LogP contribution in [0.3, 0.4) is 0 Å². The minimum absolute atomic E-state index is 0.163. The number of nitrogens with zero attached hydrogens (tertiary/aromatic N) is 3. The summed E-state index contributed by atoms with van der Waals surface area (Å²) >= 11 is 11.2. The number of hydrogen-bond acceptors (Lipinski definition) is 8. The number of allylic oxidation sites excluding steroid dienone is 1. The number of fused-ring (bicyclic) bond motifs is 1. The SMILES string of the molecule is CCCC1=C(C(=O)OCC)[C@@H](c2cc(Cl)ccc2OC)n2c(s/c(=C/c3cc(Br)ccc3OCc3ccccc3C#N)c2=O)=N1. The van der Waals surface area contributed by atoms with Gasteiger partial charge in [-0.25, -0.2) is 9.79 Å². The molecule has 1 atom stereocenters. The van der Waals surface area contributed by atoms with Gasteiger partial charge in [0, 0.05) is 26.2 Å².